The molecule has 0 spiro atoms. The van der Waals surface area contributed by atoms with Crippen LogP contribution in [0, 0.1) is 0 Å². The summed E-state index contributed by atoms with van der Waals surface area (Å²) in [5.74, 6) is 2.24. The Kier molecular flexibility index (Phi) is 4.41. The summed E-state index contributed by atoms with van der Waals surface area (Å²) < 4.78 is 2.03. The normalized spacial score (nSPS) is 26.6. The number of hydrogen-bond donors (Lipinski definition) is 0. The Morgan fingerprint density at radius 1 is 0.923 bits per heavy atom. The van der Waals surface area contributed by atoms with Crippen LogP contribution in [0.5, 0.6) is 0 Å². The molecule has 0 N–H and O–H groups in total. The van der Waals surface area contributed by atoms with Gasteiger partial charge in [-0.3, -0.25) is 0 Å². The van der Waals surface area contributed by atoms with Gasteiger partial charge < -0.3 is 9.80 Å². The van der Waals surface area contributed by atoms with E-state index in [1.807, 2.05) is 4.52 Å². The molecule has 4 heterocycles. The highest BCUT2D eigenvalue weighted by atomic mass is 15.4. The van der Waals surface area contributed by atoms with E-state index < -0.39 is 0 Å². The molecule has 3 fully saturated rings. The molecule has 6 heteroatoms. The Morgan fingerprint density at radius 3 is 2.54 bits per heavy atom. The van der Waals surface area contributed by atoms with Gasteiger partial charge in [0.1, 0.15) is 0 Å². The first kappa shape index (κ1) is 16.6. The van der Waals surface area contributed by atoms with Gasteiger partial charge in [0.05, 0.1) is 5.69 Å². The first-order chi connectivity index (χ1) is 12.8. The molecular weight excluding hydrogens is 324 g/mol. The van der Waals surface area contributed by atoms with Gasteiger partial charge in [0.2, 0.25) is 0 Å². The first-order valence-electron chi connectivity index (χ1n) is 10.4. The molecule has 26 heavy (non-hydrogen) atoms. The topological polar surface area (TPSA) is 49.6 Å². The quantitative estimate of drug-likeness (QED) is 0.845. The summed E-state index contributed by atoms with van der Waals surface area (Å²) in [6.07, 6.45) is 9.03. The molecule has 1 aliphatic carbocycles. The lowest BCUT2D eigenvalue weighted by Gasteiger charge is -2.38. The Bertz CT molecular complexity index is 759. The van der Waals surface area contributed by atoms with Crippen molar-refractivity contribution < 1.29 is 0 Å². The highest BCUT2D eigenvalue weighted by Crippen LogP contribution is 2.39. The van der Waals surface area contributed by atoms with Crippen molar-refractivity contribution in [3.8, 4) is 0 Å². The lowest BCUT2D eigenvalue weighted by molar-refractivity contribution is 0.111. The molecule has 0 aromatic carbocycles. The molecule has 2 aromatic heterocycles. The average Bonchev–Trinajstić information content (AvgIpc) is 3.44. The zero-order chi connectivity index (χ0) is 17.5. The summed E-state index contributed by atoms with van der Waals surface area (Å²) in [5, 5.41) is 13.8. The van der Waals surface area contributed by atoms with Crippen molar-refractivity contribution >= 4 is 5.65 Å². The predicted molar refractivity (Wildman–Crippen MR) is 101 cm³/mol. The van der Waals surface area contributed by atoms with Crippen molar-refractivity contribution in [3.05, 3.63) is 23.7 Å². The van der Waals surface area contributed by atoms with Crippen LogP contribution < -0.4 is 0 Å². The summed E-state index contributed by atoms with van der Waals surface area (Å²) in [6, 6.07) is 4.97. The van der Waals surface area contributed by atoms with Crippen LogP contribution in [0.2, 0.25) is 0 Å². The second-order valence-electron chi connectivity index (χ2n) is 8.57. The molecule has 0 radical (unpaired) electrons. The molecule has 2 aliphatic heterocycles. The van der Waals surface area contributed by atoms with Gasteiger partial charge in [-0.05, 0) is 77.3 Å². The molecule has 6 nitrogen and oxygen atoms in total. The van der Waals surface area contributed by atoms with Crippen LogP contribution in [-0.4, -0.2) is 68.9 Å². The number of aromatic nitrogens is 4. The maximum absolute atomic E-state index is 4.87. The van der Waals surface area contributed by atoms with E-state index in [1.54, 1.807) is 0 Å². The van der Waals surface area contributed by atoms with Crippen molar-refractivity contribution in [2.75, 3.05) is 33.2 Å². The van der Waals surface area contributed by atoms with Gasteiger partial charge in [0.25, 0.3) is 0 Å². The molecular formula is C20H30N6. The number of rotatable bonds is 4. The van der Waals surface area contributed by atoms with Crippen LogP contribution in [0.15, 0.2) is 12.1 Å². The summed E-state index contributed by atoms with van der Waals surface area (Å²) in [7, 11) is 2.29. The predicted octanol–water partition coefficient (Wildman–Crippen LogP) is 2.67. The third kappa shape index (κ3) is 3.25. The number of nitrogens with zero attached hydrogens (tertiary/aromatic N) is 6. The Hall–Kier alpha value is -1.53. The highest BCUT2D eigenvalue weighted by molar-refractivity contribution is 5.38. The van der Waals surface area contributed by atoms with Crippen molar-refractivity contribution in [2.45, 2.75) is 62.8 Å². The Balaban J connectivity index is 1.25. The lowest BCUT2D eigenvalue weighted by Crippen LogP contribution is -2.46. The van der Waals surface area contributed by atoms with Crippen LogP contribution in [0.1, 0.15) is 68.3 Å². The molecule has 0 amide bonds. The van der Waals surface area contributed by atoms with Crippen molar-refractivity contribution in [3.63, 3.8) is 0 Å². The molecule has 2 saturated heterocycles. The number of piperidine rings is 2. The average molecular weight is 355 g/mol. The summed E-state index contributed by atoms with van der Waals surface area (Å²) in [4.78, 5) is 5.22. The number of likely N-dealkylation sites (tertiary alicyclic amines) is 2. The van der Waals surface area contributed by atoms with E-state index >= 15 is 0 Å². The zero-order valence-corrected chi connectivity index (χ0v) is 15.8. The van der Waals surface area contributed by atoms with Gasteiger partial charge in [0.15, 0.2) is 11.5 Å². The number of hydrogen-bond acceptors (Lipinski definition) is 5. The minimum atomic E-state index is 0.493. The van der Waals surface area contributed by atoms with Gasteiger partial charge in [-0.2, -0.15) is 9.61 Å². The van der Waals surface area contributed by atoms with Crippen LogP contribution in [-0.2, 0) is 0 Å². The van der Waals surface area contributed by atoms with Gasteiger partial charge in [-0.25, -0.2) is 0 Å². The zero-order valence-electron chi connectivity index (χ0n) is 15.8. The Morgan fingerprint density at radius 2 is 1.77 bits per heavy atom. The first-order valence-corrected chi connectivity index (χ1v) is 10.4. The van der Waals surface area contributed by atoms with E-state index in [0.717, 1.165) is 17.5 Å². The standard InChI is InChI=1S/C20H30N6/c1-24-11-3-2-4-17(24)14-25-12-9-16(10-13-25)20-22-21-19-8-7-18(15-5-6-15)23-26(19)20/h7-8,15-17H,2-6,9-14H2,1H3. The molecule has 5 rings (SSSR count). The highest BCUT2D eigenvalue weighted by Gasteiger charge is 2.29. The maximum atomic E-state index is 4.87. The lowest BCUT2D eigenvalue weighted by atomic mass is 9.95. The summed E-state index contributed by atoms with van der Waals surface area (Å²) in [5.41, 5.74) is 2.12. The fourth-order valence-corrected chi connectivity index (χ4v) is 4.72. The van der Waals surface area contributed by atoms with Crippen LogP contribution in [0.4, 0.5) is 0 Å². The molecule has 140 valence electrons. The smallest absolute Gasteiger partial charge is 0.177 e. The van der Waals surface area contributed by atoms with Crippen LogP contribution >= 0.6 is 0 Å². The maximum Gasteiger partial charge on any atom is 0.177 e. The fraction of sp³-hybridized carbons (Fsp3) is 0.750. The van der Waals surface area contributed by atoms with Crippen molar-refractivity contribution in [1.82, 2.24) is 29.6 Å². The molecule has 1 saturated carbocycles. The van der Waals surface area contributed by atoms with Gasteiger partial charge in [-0.15, -0.1) is 10.2 Å². The van der Waals surface area contributed by atoms with E-state index in [-0.39, 0.29) is 0 Å². The summed E-state index contributed by atoms with van der Waals surface area (Å²) >= 11 is 0. The molecule has 1 atom stereocenters. The molecule has 3 aliphatic rings. The second-order valence-corrected chi connectivity index (χ2v) is 8.57. The van der Waals surface area contributed by atoms with Crippen LogP contribution in [0.3, 0.4) is 0 Å². The van der Waals surface area contributed by atoms with Crippen molar-refractivity contribution in [1.29, 1.82) is 0 Å². The minimum Gasteiger partial charge on any atom is -0.302 e. The Labute approximate surface area is 155 Å². The number of likely N-dealkylation sites (N-methyl/N-ethyl adjacent to an activating group) is 1. The number of fused-ring (bicyclic) bond motifs is 1. The van der Waals surface area contributed by atoms with Gasteiger partial charge in [0, 0.05) is 24.4 Å². The van der Waals surface area contributed by atoms with Crippen molar-refractivity contribution in [2.24, 2.45) is 0 Å². The van der Waals surface area contributed by atoms with E-state index in [4.69, 9.17) is 5.10 Å². The monoisotopic (exact) mass is 354 g/mol. The van der Waals surface area contributed by atoms with E-state index in [0.29, 0.717) is 11.8 Å². The van der Waals surface area contributed by atoms with Gasteiger partial charge in [-0.1, -0.05) is 6.42 Å². The molecule has 1 unspecified atom stereocenters. The molecule has 0 bridgehead atoms. The van der Waals surface area contributed by atoms with Gasteiger partial charge >= 0.3 is 0 Å². The minimum absolute atomic E-state index is 0.493. The third-order valence-electron chi connectivity index (χ3n) is 6.65. The fourth-order valence-electron chi connectivity index (χ4n) is 4.72. The second kappa shape index (κ2) is 6.89. The third-order valence-corrected chi connectivity index (χ3v) is 6.65. The van der Waals surface area contributed by atoms with E-state index in [9.17, 15) is 0 Å². The SMILES string of the molecule is CN1CCCCC1CN1CCC(c2nnc3ccc(C4CC4)nn23)CC1. The molecule has 2 aromatic rings. The summed E-state index contributed by atoms with van der Waals surface area (Å²) in [6.45, 7) is 4.84. The largest absolute Gasteiger partial charge is 0.302 e. The van der Waals surface area contributed by atoms with Crippen LogP contribution in [0.25, 0.3) is 5.65 Å². The van der Waals surface area contributed by atoms with E-state index in [2.05, 4.69) is 39.2 Å². The van der Waals surface area contributed by atoms with E-state index in [1.165, 1.54) is 76.8 Å².